The van der Waals surface area contributed by atoms with E-state index in [0.29, 0.717) is 12.8 Å². The van der Waals surface area contributed by atoms with Gasteiger partial charge in [-0.05, 0) is 31.0 Å². The summed E-state index contributed by atoms with van der Waals surface area (Å²) >= 11 is 3.96. The maximum Gasteiger partial charge on any atom is 0.416 e. The number of aliphatic hydroxyl groups is 1. The first-order valence-corrected chi connectivity index (χ1v) is 8.35. The number of hydrazine groups is 1. The summed E-state index contributed by atoms with van der Waals surface area (Å²) in [7, 11) is 0. The summed E-state index contributed by atoms with van der Waals surface area (Å²) in [6.07, 6.45) is -0.467. The number of aromatic nitrogens is 3. The standard InChI is InChI=1S/C16H14F3N5O3S/c17-16(18,19)10-5-9(6-11(28)7-10)13-20-8-24(23-13)4-1-12(25)21-22-14(26)15(27)2-3-15/h1,4-8,27-28H,2-3H2,(H,21,25)(H,22,26)/b4-1-. The van der Waals surface area contributed by atoms with Gasteiger partial charge in [0.1, 0.15) is 11.9 Å². The Morgan fingerprint density at radius 3 is 2.61 bits per heavy atom. The molecule has 1 aromatic carbocycles. The molecule has 1 heterocycles. The highest BCUT2D eigenvalue weighted by Gasteiger charge is 2.48. The van der Waals surface area contributed by atoms with Crippen LogP contribution in [-0.4, -0.2) is 37.3 Å². The third-order valence-corrected chi connectivity index (χ3v) is 4.09. The van der Waals surface area contributed by atoms with Gasteiger partial charge in [0.15, 0.2) is 5.82 Å². The number of hydrogen-bond acceptors (Lipinski definition) is 6. The molecular weight excluding hydrogens is 399 g/mol. The summed E-state index contributed by atoms with van der Waals surface area (Å²) in [5, 5.41) is 13.5. The highest BCUT2D eigenvalue weighted by atomic mass is 32.1. The van der Waals surface area contributed by atoms with Crippen LogP contribution in [0.2, 0.25) is 0 Å². The fraction of sp³-hybridized carbons (Fsp3) is 0.250. The summed E-state index contributed by atoms with van der Waals surface area (Å²) < 4.78 is 39.8. The Labute approximate surface area is 161 Å². The normalized spacial score (nSPS) is 15.5. The molecule has 1 fully saturated rings. The van der Waals surface area contributed by atoms with Gasteiger partial charge in [-0.25, -0.2) is 9.67 Å². The van der Waals surface area contributed by atoms with Crippen molar-refractivity contribution in [3.63, 3.8) is 0 Å². The zero-order valence-corrected chi connectivity index (χ0v) is 15.0. The van der Waals surface area contributed by atoms with E-state index in [9.17, 15) is 27.9 Å². The van der Waals surface area contributed by atoms with Crippen LogP contribution >= 0.6 is 12.6 Å². The van der Waals surface area contributed by atoms with Gasteiger partial charge in [-0.3, -0.25) is 20.4 Å². The van der Waals surface area contributed by atoms with Crippen molar-refractivity contribution in [2.45, 2.75) is 29.5 Å². The van der Waals surface area contributed by atoms with Crippen molar-refractivity contribution >= 4 is 30.6 Å². The van der Waals surface area contributed by atoms with Gasteiger partial charge in [0.25, 0.3) is 11.8 Å². The number of amides is 2. The number of carbonyl (C=O) groups excluding carboxylic acids is 2. The van der Waals surface area contributed by atoms with Crippen LogP contribution in [0.4, 0.5) is 13.2 Å². The molecule has 0 spiro atoms. The van der Waals surface area contributed by atoms with E-state index in [2.05, 4.69) is 33.6 Å². The average molecular weight is 413 g/mol. The zero-order chi connectivity index (χ0) is 20.5. The quantitative estimate of drug-likeness (QED) is 0.344. The number of carbonyl (C=O) groups is 2. The van der Waals surface area contributed by atoms with Crippen molar-refractivity contribution in [3.8, 4) is 11.4 Å². The second-order valence-corrected chi connectivity index (χ2v) is 6.62. The number of rotatable bonds is 4. The first-order valence-electron chi connectivity index (χ1n) is 7.91. The molecule has 0 aliphatic heterocycles. The van der Waals surface area contributed by atoms with E-state index >= 15 is 0 Å². The maximum absolute atomic E-state index is 12.9. The minimum Gasteiger partial charge on any atom is -0.380 e. The minimum absolute atomic E-state index is 0.00992. The van der Waals surface area contributed by atoms with E-state index in [4.69, 9.17) is 0 Å². The molecule has 0 radical (unpaired) electrons. The Balaban J connectivity index is 1.65. The third kappa shape index (κ3) is 4.70. The summed E-state index contributed by atoms with van der Waals surface area (Å²) in [6, 6.07) is 3.17. The Hall–Kier alpha value is -2.86. The van der Waals surface area contributed by atoms with Crippen LogP contribution in [0.3, 0.4) is 0 Å². The second kappa shape index (κ2) is 7.28. The monoisotopic (exact) mass is 413 g/mol. The molecule has 148 valence electrons. The fourth-order valence-electron chi connectivity index (χ4n) is 2.15. The Morgan fingerprint density at radius 1 is 1.25 bits per heavy atom. The lowest BCUT2D eigenvalue weighted by atomic mass is 10.1. The molecule has 1 aliphatic carbocycles. The Bertz CT molecular complexity index is 953. The number of benzene rings is 1. The van der Waals surface area contributed by atoms with Crippen molar-refractivity contribution in [3.05, 3.63) is 36.2 Å². The molecule has 0 bridgehead atoms. The molecule has 8 nitrogen and oxygen atoms in total. The molecule has 1 saturated carbocycles. The smallest absolute Gasteiger partial charge is 0.380 e. The van der Waals surface area contributed by atoms with Gasteiger partial charge in [-0.15, -0.1) is 17.7 Å². The third-order valence-electron chi connectivity index (χ3n) is 3.84. The van der Waals surface area contributed by atoms with Crippen molar-refractivity contribution in [1.82, 2.24) is 25.6 Å². The van der Waals surface area contributed by atoms with Crippen molar-refractivity contribution in [1.29, 1.82) is 0 Å². The molecule has 0 unspecified atom stereocenters. The molecule has 1 aromatic heterocycles. The largest absolute Gasteiger partial charge is 0.416 e. The zero-order valence-electron chi connectivity index (χ0n) is 14.1. The number of thiol groups is 1. The molecule has 0 atom stereocenters. The molecule has 3 rings (SSSR count). The molecule has 2 aromatic rings. The maximum atomic E-state index is 12.9. The van der Waals surface area contributed by atoms with Crippen LogP contribution in [0.1, 0.15) is 18.4 Å². The molecule has 2 amide bonds. The molecule has 28 heavy (non-hydrogen) atoms. The van der Waals surface area contributed by atoms with Gasteiger partial charge < -0.3 is 5.11 Å². The first kappa shape index (κ1) is 19.9. The van der Waals surface area contributed by atoms with Crippen molar-refractivity contribution in [2.24, 2.45) is 0 Å². The number of nitrogens with one attached hydrogen (secondary N) is 2. The predicted octanol–water partition coefficient (Wildman–Crippen LogP) is 1.40. The van der Waals surface area contributed by atoms with Gasteiger partial charge in [0.2, 0.25) is 0 Å². The topological polar surface area (TPSA) is 109 Å². The van der Waals surface area contributed by atoms with Crippen LogP contribution in [0.15, 0.2) is 35.5 Å². The molecule has 0 saturated heterocycles. The van der Waals surface area contributed by atoms with E-state index in [1.807, 2.05) is 0 Å². The lowest BCUT2D eigenvalue weighted by Gasteiger charge is -2.08. The van der Waals surface area contributed by atoms with E-state index in [1.54, 1.807) is 0 Å². The molecule has 12 heteroatoms. The number of hydrogen-bond donors (Lipinski definition) is 4. The SMILES string of the molecule is O=C(/C=C\n1cnc(-c2cc(S)cc(C(F)(F)F)c2)n1)NNC(=O)C1(O)CC1. The number of nitrogens with zero attached hydrogens (tertiary/aromatic N) is 3. The Morgan fingerprint density at radius 2 is 1.96 bits per heavy atom. The van der Waals surface area contributed by atoms with Crippen molar-refractivity contribution in [2.75, 3.05) is 0 Å². The van der Waals surface area contributed by atoms with E-state index in [-0.39, 0.29) is 16.3 Å². The average Bonchev–Trinajstić information content (AvgIpc) is 3.19. The second-order valence-electron chi connectivity index (χ2n) is 6.11. The van der Waals surface area contributed by atoms with Crippen LogP contribution in [-0.2, 0) is 15.8 Å². The van der Waals surface area contributed by atoms with Gasteiger partial charge in [-0.1, -0.05) is 0 Å². The molecule has 1 aliphatic rings. The predicted molar refractivity (Wildman–Crippen MR) is 93.5 cm³/mol. The molecular formula is C16H14F3N5O3S. The van der Waals surface area contributed by atoms with Gasteiger partial charge in [0, 0.05) is 22.7 Å². The number of halogens is 3. The summed E-state index contributed by atoms with van der Waals surface area (Å²) in [4.78, 5) is 27.1. The lowest BCUT2D eigenvalue weighted by Crippen LogP contribution is -2.46. The minimum atomic E-state index is -4.54. The van der Waals surface area contributed by atoms with E-state index < -0.39 is 29.2 Å². The van der Waals surface area contributed by atoms with Gasteiger partial charge in [0.05, 0.1) is 5.56 Å². The van der Waals surface area contributed by atoms with E-state index in [0.717, 1.165) is 22.9 Å². The first-order chi connectivity index (χ1) is 13.1. The number of alkyl halides is 3. The molecule has 3 N–H and O–H groups in total. The summed E-state index contributed by atoms with van der Waals surface area (Å²) in [5.74, 6) is -1.40. The van der Waals surface area contributed by atoms with Crippen LogP contribution in [0.5, 0.6) is 0 Å². The van der Waals surface area contributed by atoms with Crippen LogP contribution in [0, 0.1) is 0 Å². The summed E-state index contributed by atoms with van der Waals surface area (Å²) in [6.45, 7) is 0. The lowest BCUT2D eigenvalue weighted by molar-refractivity contribution is -0.137. The summed E-state index contributed by atoms with van der Waals surface area (Å²) in [5.41, 5.74) is 1.98. The van der Waals surface area contributed by atoms with E-state index in [1.165, 1.54) is 18.6 Å². The fourth-order valence-corrected chi connectivity index (χ4v) is 2.43. The van der Waals surface area contributed by atoms with Gasteiger partial charge >= 0.3 is 6.18 Å². The highest BCUT2D eigenvalue weighted by molar-refractivity contribution is 7.80. The van der Waals surface area contributed by atoms with Gasteiger partial charge in [-0.2, -0.15) is 13.2 Å². The highest BCUT2D eigenvalue weighted by Crippen LogP contribution is 2.35. The van der Waals surface area contributed by atoms with Crippen molar-refractivity contribution < 1.29 is 27.9 Å². The Kier molecular flexibility index (Phi) is 5.17. The van der Waals surface area contributed by atoms with Crippen LogP contribution in [0.25, 0.3) is 17.6 Å². The van der Waals surface area contributed by atoms with Crippen LogP contribution < -0.4 is 10.9 Å².